The van der Waals surface area contributed by atoms with Crippen LogP contribution in [0.3, 0.4) is 0 Å². The molecule has 0 aliphatic carbocycles. The third-order valence-electron chi connectivity index (χ3n) is 2.57. The molecular formula is C12H17BrOS. The first-order chi connectivity index (χ1) is 6.92. The number of benzene rings is 1. The second-order valence-electron chi connectivity index (χ2n) is 4.26. The van der Waals surface area contributed by atoms with E-state index in [1.54, 1.807) is 11.8 Å². The molecule has 0 aliphatic heterocycles. The van der Waals surface area contributed by atoms with Gasteiger partial charge in [0.2, 0.25) is 0 Å². The molecule has 0 bridgehead atoms. The minimum atomic E-state index is -0.604. The van der Waals surface area contributed by atoms with Crippen molar-refractivity contribution >= 4 is 27.7 Å². The molecule has 1 N–H and O–H groups in total. The van der Waals surface area contributed by atoms with Crippen molar-refractivity contribution < 1.29 is 5.11 Å². The molecule has 0 aliphatic rings. The number of aliphatic hydroxyl groups is 1. The molecule has 0 radical (unpaired) electrons. The van der Waals surface area contributed by atoms with Gasteiger partial charge in [0.1, 0.15) is 0 Å². The molecule has 0 spiro atoms. The lowest BCUT2D eigenvalue weighted by molar-refractivity contribution is 0.0376. The van der Waals surface area contributed by atoms with Gasteiger partial charge in [0.25, 0.3) is 0 Å². The van der Waals surface area contributed by atoms with Gasteiger partial charge in [-0.1, -0.05) is 35.8 Å². The Hall–Kier alpha value is 0.01000. The third kappa shape index (κ3) is 4.17. The van der Waals surface area contributed by atoms with Gasteiger partial charge in [-0.25, -0.2) is 0 Å². The Morgan fingerprint density at radius 1 is 1.47 bits per heavy atom. The number of hydrogen-bond donors (Lipinski definition) is 1. The zero-order valence-corrected chi connectivity index (χ0v) is 11.7. The average molecular weight is 289 g/mol. The normalized spacial score (nSPS) is 15.3. The van der Waals surface area contributed by atoms with Gasteiger partial charge in [0.15, 0.2) is 0 Å². The summed E-state index contributed by atoms with van der Waals surface area (Å²) in [5.74, 6) is 0.998. The maximum atomic E-state index is 10.1. The number of rotatable bonds is 4. The van der Waals surface area contributed by atoms with E-state index in [1.807, 2.05) is 32.9 Å². The van der Waals surface area contributed by atoms with Crippen LogP contribution >= 0.6 is 27.7 Å². The highest BCUT2D eigenvalue weighted by Crippen LogP contribution is 2.28. The summed E-state index contributed by atoms with van der Waals surface area (Å²) in [5.41, 5.74) is -0.604. The van der Waals surface area contributed by atoms with E-state index in [4.69, 9.17) is 0 Å². The van der Waals surface area contributed by atoms with Crippen molar-refractivity contribution in [2.45, 2.75) is 31.3 Å². The molecule has 0 aromatic heterocycles. The summed E-state index contributed by atoms with van der Waals surface area (Å²) in [7, 11) is 0. The molecule has 0 saturated carbocycles. The van der Waals surface area contributed by atoms with E-state index in [-0.39, 0.29) is 5.92 Å². The van der Waals surface area contributed by atoms with Crippen LogP contribution in [0, 0.1) is 5.92 Å². The topological polar surface area (TPSA) is 20.2 Å². The van der Waals surface area contributed by atoms with Crippen LogP contribution in [0.5, 0.6) is 0 Å². The maximum absolute atomic E-state index is 10.1. The first kappa shape index (κ1) is 13.1. The molecule has 84 valence electrons. The SMILES string of the molecule is CC(C)C(C)(O)CSc1cccc(Br)c1. The molecule has 1 nitrogen and oxygen atoms in total. The highest BCUT2D eigenvalue weighted by Gasteiger charge is 2.24. The molecule has 0 heterocycles. The third-order valence-corrected chi connectivity index (χ3v) is 4.38. The lowest BCUT2D eigenvalue weighted by Crippen LogP contribution is -2.33. The van der Waals surface area contributed by atoms with Crippen LogP contribution < -0.4 is 0 Å². The van der Waals surface area contributed by atoms with E-state index in [0.717, 1.165) is 10.2 Å². The summed E-state index contributed by atoms with van der Waals surface area (Å²) in [4.78, 5) is 1.19. The molecule has 0 fully saturated rings. The quantitative estimate of drug-likeness (QED) is 0.847. The van der Waals surface area contributed by atoms with Gasteiger partial charge < -0.3 is 5.11 Å². The van der Waals surface area contributed by atoms with Crippen LogP contribution in [-0.4, -0.2) is 16.5 Å². The molecule has 15 heavy (non-hydrogen) atoms. The van der Waals surface area contributed by atoms with Crippen molar-refractivity contribution in [1.82, 2.24) is 0 Å². The number of hydrogen-bond acceptors (Lipinski definition) is 2. The highest BCUT2D eigenvalue weighted by atomic mass is 79.9. The predicted octanol–water partition coefficient (Wildman–Crippen LogP) is 3.95. The van der Waals surface area contributed by atoms with E-state index < -0.39 is 5.60 Å². The van der Waals surface area contributed by atoms with E-state index in [2.05, 4.69) is 28.1 Å². The molecule has 1 aromatic carbocycles. The summed E-state index contributed by atoms with van der Waals surface area (Å²) < 4.78 is 1.08. The molecule has 0 amide bonds. The first-order valence-corrected chi connectivity index (χ1v) is 6.80. The zero-order chi connectivity index (χ0) is 11.5. The summed E-state index contributed by atoms with van der Waals surface area (Å²) in [6.07, 6.45) is 0. The summed E-state index contributed by atoms with van der Waals surface area (Å²) >= 11 is 5.13. The molecule has 1 aromatic rings. The Labute approximate surface area is 104 Å². The molecule has 1 atom stereocenters. The van der Waals surface area contributed by atoms with Gasteiger partial charge in [0, 0.05) is 15.1 Å². The fourth-order valence-electron chi connectivity index (χ4n) is 0.953. The average Bonchev–Trinajstić information content (AvgIpc) is 2.15. The Morgan fingerprint density at radius 3 is 2.67 bits per heavy atom. The number of thioether (sulfide) groups is 1. The lowest BCUT2D eigenvalue weighted by Gasteiger charge is -2.27. The van der Waals surface area contributed by atoms with Gasteiger partial charge in [0.05, 0.1) is 5.60 Å². The highest BCUT2D eigenvalue weighted by molar-refractivity contribution is 9.10. The predicted molar refractivity (Wildman–Crippen MR) is 70.3 cm³/mol. The lowest BCUT2D eigenvalue weighted by atomic mass is 9.95. The van der Waals surface area contributed by atoms with Gasteiger partial charge >= 0.3 is 0 Å². The minimum absolute atomic E-state index is 0.275. The van der Waals surface area contributed by atoms with Crippen LogP contribution in [0.4, 0.5) is 0 Å². The van der Waals surface area contributed by atoms with Crippen molar-refractivity contribution in [3.05, 3.63) is 28.7 Å². The molecule has 3 heteroatoms. The van der Waals surface area contributed by atoms with Crippen LogP contribution in [0.15, 0.2) is 33.6 Å². The minimum Gasteiger partial charge on any atom is -0.389 e. The van der Waals surface area contributed by atoms with Gasteiger partial charge in [-0.05, 0) is 31.0 Å². The second kappa shape index (κ2) is 5.37. The first-order valence-electron chi connectivity index (χ1n) is 5.02. The summed E-state index contributed by atoms with van der Waals surface area (Å²) in [5, 5.41) is 10.1. The molecule has 1 unspecified atom stereocenters. The zero-order valence-electron chi connectivity index (χ0n) is 9.33. The maximum Gasteiger partial charge on any atom is 0.0736 e. The Bertz CT molecular complexity index is 323. The molecule has 1 rings (SSSR count). The Kier molecular flexibility index (Phi) is 4.68. The van der Waals surface area contributed by atoms with Crippen LogP contribution in [0.2, 0.25) is 0 Å². The molecular weight excluding hydrogens is 272 g/mol. The fourth-order valence-corrected chi connectivity index (χ4v) is 2.68. The van der Waals surface area contributed by atoms with Gasteiger partial charge in [-0.2, -0.15) is 0 Å². The van der Waals surface area contributed by atoms with Crippen LogP contribution in [0.1, 0.15) is 20.8 Å². The van der Waals surface area contributed by atoms with Crippen molar-refractivity contribution in [2.75, 3.05) is 5.75 Å². The monoisotopic (exact) mass is 288 g/mol. The van der Waals surface area contributed by atoms with Crippen molar-refractivity contribution in [3.63, 3.8) is 0 Å². The van der Waals surface area contributed by atoms with Crippen molar-refractivity contribution in [2.24, 2.45) is 5.92 Å². The van der Waals surface area contributed by atoms with E-state index in [1.165, 1.54) is 4.90 Å². The van der Waals surface area contributed by atoms with Crippen molar-refractivity contribution in [3.8, 4) is 0 Å². The Balaban J connectivity index is 2.57. The van der Waals surface area contributed by atoms with Gasteiger partial charge in [-0.3, -0.25) is 0 Å². The largest absolute Gasteiger partial charge is 0.389 e. The van der Waals surface area contributed by atoms with E-state index in [0.29, 0.717) is 0 Å². The summed E-state index contributed by atoms with van der Waals surface area (Å²) in [6.45, 7) is 5.98. The van der Waals surface area contributed by atoms with Crippen molar-refractivity contribution in [1.29, 1.82) is 0 Å². The van der Waals surface area contributed by atoms with Gasteiger partial charge in [-0.15, -0.1) is 11.8 Å². The second-order valence-corrected chi connectivity index (χ2v) is 6.22. The summed E-state index contributed by atoms with van der Waals surface area (Å²) in [6, 6.07) is 8.15. The van der Waals surface area contributed by atoms with Crippen LogP contribution in [0.25, 0.3) is 0 Å². The standard InChI is InChI=1S/C12H17BrOS/c1-9(2)12(3,14)8-15-11-6-4-5-10(13)7-11/h4-7,9,14H,8H2,1-3H3. The Morgan fingerprint density at radius 2 is 2.13 bits per heavy atom. The molecule has 0 saturated heterocycles. The van der Waals surface area contributed by atoms with Crippen LogP contribution in [-0.2, 0) is 0 Å². The van der Waals surface area contributed by atoms with E-state index >= 15 is 0 Å². The number of halogens is 1. The fraction of sp³-hybridized carbons (Fsp3) is 0.500. The van der Waals surface area contributed by atoms with E-state index in [9.17, 15) is 5.11 Å². The smallest absolute Gasteiger partial charge is 0.0736 e.